The maximum absolute atomic E-state index is 6.35. The molecule has 1 heterocycles. The predicted molar refractivity (Wildman–Crippen MR) is 175 cm³/mol. The van der Waals surface area contributed by atoms with Crippen LogP contribution in [-0.2, 0) is 4.74 Å². The molecule has 43 heavy (non-hydrogen) atoms. The minimum Gasteiger partial charge on any atom is -0.496 e. The number of aryl methyl sites for hydroxylation is 1. The number of hydrogen-bond acceptors (Lipinski definition) is 5. The van der Waals surface area contributed by atoms with Crippen molar-refractivity contribution in [1.82, 2.24) is 4.90 Å². The summed E-state index contributed by atoms with van der Waals surface area (Å²) in [5.74, 6) is 2.59. The number of morpholine rings is 1. The quantitative estimate of drug-likeness (QED) is 0.159. The first-order valence-electron chi connectivity index (χ1n) is 15.3. The molecule has 1 unspecified atom stereocenters. The summed E-state index contributed by atoms with van der Waals surface area (Å²) < 4.78 is 23.4. The number of rotatable bonds is 12. The van der Waals surface area contributed by atoms with Crippen molar-refractivity contribution >= 4 is 11.1 Å². The summed E-state index contributed by atoms with van der Waals surface area (Å²) >= 11 is 0. The van der Waals surface area contributed by atoms with E-state index in [-0.39, 0.29) is 6.10 Å². The molecule has 1 aliphatic heterocycles. The fourth-order valence-electron chi connectivity index (χ4n) is 5.58. The minimum absolute atomic E-state index is 0.110. The Morgan fingerprint density at radius 2 is 1.47 bits per heavy atom. The van der Waals surface area contributed by atoms with Crippen LogP contribution < -0.4 is 14.2 Å². The molecule has 0 bridgehead atoms. The zero-order valence-corrected chi connectivity index (χ0v) is 25.8. The van der Waals surface area contributed by atoms with E-state index in [1.165, 1.54) is 16.7 Å². The van der Waals surface area contributed by atoms with Crippen molar-refractivity contribution in [3.63, 3.8) is 0 Å². The second-order valence-corrected chi connectivity index (χ2v) is 10.9. The Bertz CT molecular complexity index is 1470. The molecule has 0 amide bonds. The Hall–Kier alpha value is -4.06. The number of hydrogen-bond donors (Lipinski definition) is 0. The summed E-state index contributed by atoms with van der Waals surface area (Å²) in [6.45, 7) is 11.5. The summed E-state index contributed by atoms with van der Waals surface area (Å²) in [6.07, 6.45) is 0.795. The van der Waals surface area contributed by atoms with Crippen LogP contribution in [0.3, 0.4) is 0 Å². The van der Waals surface area contributed by atoms with Crippen LogP contribution in [0, 0.1) is 6.92 Å². The Kier molecular flexibility index (Phi) is 10.5. The van der Waals surface area contributed by atoms with E-state index in [1.54, 1.807) is 7.11 Å². The van der Waals surface area contributed by atoms with Gasteiger partial charge < -0.3 is 18.9 Å². The first-order valence-corrected chi connectivity index (χ1v) is 15.3. The molecular formula is C38H43NO4. The molecule has 1 atom stereocenters. The zero-order chi connectivity index (χ0) is 30.0. The fourth-order valence-corrected chi connectivity index (χ4v) is 5.58. The topological polar surface area (TPSA) is 40.2 Å². The van der Waals surface area contributed by atoms with Crippen LogP contribution in [0.25, 0.3) is 11.1 Å². The Morgan fingerprint density at radius 1 is 0.814 bits per heavy atom. The molecular weight excluding hydrogens is 534 g/mol. The highest BCUT2D eigenvalue weighted by Gasteiger charge is 2.15. The van der Waals surface area contributed by atoms with Crippen molar-refractivity contribution in [2.24, 2.45) is 0 Å². The van der Waals surface area contributed by atoms with E-state index in [0.29, 0.717) is 6.61 Å². The molecule has 4 aromatic carbocycles. The standard InChI is InChI=1S/C38H43NO4/c1-5-36(30-9-7-6-8-10-30)38(31-13-17-34(18-14-31)42-26-23-39-21-24-41-25-22-39)32-15-19-35(20-16-32)43-29(3)33-12-11-28(2)37(27-33)40-4/h6-20,27,29H,5,21-26H2,1-4H3/b38-36+. The van der Waals surface area contributed by atoms with Gasteiger partial charge in [0.05, 0.1) is 20.3 Å². The van der Waals surface area contributed by atoms with Crippen LogP contribution in [-0.4, -0.2) is 51.5 Å². The van der Waals surface area contributed by atoms with Crippen LogP contribution in [0.2, 0.25) is 0 Å². The molecule has 4 aromatic rings. The highest BCUT2D eigenvalue weighted by Crippen LogP contribution is 2.36. The lowest BCUT2D eigenvalue weighted by molar-refractivity contribution is 0.0322. The predicted octanol–water partition coefficient (Wildman–Crippen LogP) is 8.22. The molecule has 0 aromatic heterocycles. The van der Waals surface area contributed by atoms with Gasteiger partial charge in [-0.05, 0) is 89.6 Å². The highest BCUT2D eigenvalue weighted by molar-refractivity contribution is 5.98. The summed E-state index contributed by atoms with van der Waals surface area (Å²) in [7, 11) is 1.70. The minimum atomic E-state index is -0.110. The SMILES string of the molecule is CC/C(=C(/c1ccc(OCCN2CCOCC2)cc1)c1ccc(OC(C)c2ccc(C)c(OC)c2)cc1)c1ccccc1. The van der Waals surface area contributed by atoms with E-state index < -0.39 is 0 Å². The molecule has 5 nitrogen and oxygen atoms in total. The third-order valence-electron chi connectivity index (χ3n) is 8.06. The molecule has 1 aliphatic rings. The van der Waals surface area contributed by atoms with Gasteiger partial charge in [-0.25, -0.2) is 0 Å². The van der Waals surface area contributed by atoms with E-state index >= 15 is 0 Å². The highest BCUT2D eigenvalue weighted by atomic mass is 16.5. The van der Waals surface area contributed by atoms with Gasteiger partial charge in [0.25, 0.3) is 0 Å². The van der Waals surface area contributed by atoms with Gasteiger partial charge in [-0.15, -0.1) is 0 Å². The monoisotopic (exact) mass is 577 g/mol. The van der Waals surface area contributed by atoms with Crippen LogP contribution in [0.5, 0.6) is 17.2 Å². The Morgan fingerprint density at radius 3 is 2.09 bits per heavy atom. The van der Waals surface area contributed by atoms with Crippen LogP contribution in [0.4, 0.5) is 0 Å². The summed E-state index contributed by atoms with van der Waals surface area (Å²) in [5.41, 5.74) is 8.25. The Labute approximate surface area is 256 Å². The van der Waals surface area contributed by atoms with Gasteiger partial charge in [0.1, 0.15) is 30.0 Å². The maximum Gasteiger partial charge on any atom is 0.122 e. The molecule has 0 aliphatic carbocycles. The third-order valence-corrected chi connectivity index (χ3v) is 8.06. The van der Waals surface area contributed by atoms with Gasteiger partial charge in [-0.2, -0.15) is 0 Å². The second kappa shape index (κ2) is 14.9. The first-order chi connectivity index (χ1) is 21.1. The number of allylic oxidation sites excluding steroid dienone is 1. The van der Waals surface area contributed by atoms with Crippen molar-refractivity contribution in [3.8, 4) is 17.2 Å². The normalized spacial score (nSPS) is 15.0. The number of methoxy groups -OCH3 is 1. The summed E-state index contributed by atoms with van der Waals surface area (Å²) in [4.78, 5) is 2.39. The largest absolute Gasteiger partial charge is 0.496 e. The molecule has 0 spiro atoms. The van der Waals surface area contributed by atoms with Gasteiger partial charge in [0, 0.05) is 19.6 Å². The molecule has 0 N–H and O–H groups in total. The van der Waals surface area contributed by atoms with Crippen molar-refractivity contribution in [2.75, 3.05) is 46.6 Å². The fraction of sp³-hybridized carbons (Fsp3) is 0.316. The number of nitrogens with zero attached hydrogens (tertiary/aromatic N) is 1. The smallest absolute Gasteiger partial charge is 0.122 e. The van der Waals surface area contributed by atoms with E-state index in [2.05, 4.69) is 116 Å². The average molecular weight is 578 g/mol. The van der Waals surface area contributed by atoms with Gasteiger partial charge in [0.2, 0.25) is 0 Å². The van der Waals surface area contributed by atoms with E-state index in [1.807, 2.05) is 6.92 Å². The molecule has 1 fully saturated rings. The van der Waals surface area contributed by atoms with Crippen molar-refractivity contribution in [1.29, 1.82) is 0 Å². The first kappa shape index (κ1) is 30.4. The summed E-state index contributed by atoms with van der Waals surface area (Å²) in [6, 6.07) is 33.9. The van der Waals surface area contributed by atoms with E-state index in [9.17, 15) is 0 Å². The van der Waals surface area contributed by atoms with Crippen LogP contribution in [0.15, 0.2) is 97.1 Å². The Balaban J connectivity index is 1.37. The molecule has 224 valence electrons. The van der Waals surface area contributed by atoms with Crippen molar-refractivity contribution < 1.29 is 18.9 Å². The molecule has 5 rings (SSSR count). The number of ether oxygens (including phenoxy) is 4. The lowest BCUT2D eigenvalue weighted by Gasteiger charge is -2.26. The van der Waals surface area contributed by atoms with Gasteiger partial charge >= 0.3 is 0 Å². The molecule has 1 saturated heterocycles. The number of benzene rings is 4. The van der Waals surface area contributed by atoms with Gasteiger partial charge in [-0.1, -0.05) is 73.7 Å². The lowest BCUT2D eigenvalue weighted by atomic mass is 9.88. The van der Waals surface area contributed by atoms with Gasteiger partial charge in [0.15, 0.2) is 0 Å². The lowest BCUT2D eigenvalue weighted by Crippen LogP contribution is -2.38. The van der Waals surface area contributed by atoms with Gasteiger partial charge in [-0.3, -0.25) is 4.90 Å². The molecule has 0 radical (unpaired) electrons. The zero-order valence-electron chi connectivity index (χ0n) is 25.8. The average Bonchev–Trinajstić information content (AvgIpc) is 3.05. The van der Waals surface area contributed by atoms with Crippen molar-refractivity contribution in [2.45, 2.75) is 33.3 Å². The van der Waals surface area contributed by atoms with Crippen LogP contribution >= 0.6 is 0 Å². The maximum atomic E-state index is 6.35. The van der Waals surface area contributed by atoms with Crippen LogP contribution in [0.1, 0.15) is 54.2 Å². The van der Waals surface area contributed by atoms with E-state index in [0.717, 1.165) is 78.8 Å². The third kappa shape index (κ3) is 7.86. The molecule has 5 heteroatoms. The second-order valence-electron chi connectivity index (χ2n) is 10.9. The van der Waals surface area contributed by atoms with Crippen molar-refractivity contribution in [3.05, 3.63) is 125 Å². The van der Waals surface area contributed by atoms with E-state index in [4.69, 9.17) is 18.9 Å². The summed E-state index contributed by atoms with van der Waals surface area (Å²) in [5, 5.41) is 0. The molecule has 0 saturated carbocycles.